The molecule has 0 saturated carbocycles. The molecule has 2 heterocycles. The summed E-state index contributed by atoms with van der Waals surface area (Å²) in [6.07, 6.45) is 3.40. The molecule has 0 fully saturated rings. The number of carbonyl (C=O) groups is 1. The van der Waals surface area contributed by atoms with Gasteiger partial charge >= 0.3 is 0 Å². The van der Waals surface area contributed by atoms with Crippen molar-refractivity contribution >= 4 is 28.5 Å². The molecule has 23 heavy (non-hydrogen) atoms. The lowest BCUT2D eigenvalue weighted by molar-refractivity contribution is -0.129. The molecule has 2 atom stereocenters. The Labute approximate surface area is 148 Å². The molecule has 1 aromatic carbocycles. The third-order valence-electron chi connectivity index (χ3n) is 3.80. The van der Waals surface area contributed by atoms with Crippen molar-refractivity contribution in [2.24, 2.45) is 0 Å². The van der Waals surface area contributed by atoms with Crippen LogP contribution in [-0.4, -0.2) is 28.6 Å². The van der Waals surface area contributed by atoms with Crippen LogP contribution in [0, 0.1) is 3.57 Å². The first-order valence-corrected chi connectivity index (χ1v) is 8.52. The minimum Gasteiger partial charge on any atom is -0.480 e. The average Bonchev–Trinajstić information content (AvgIpc) is 2.59. The van der Waals surface area contributed by atoms with Crippen molar-refractivity contribution in [3.8, 4) is 5.75 Å². The molecule has 0 saturated heterocycles. The summed E-state index contributed by atoms with van der Waals surface area (Å²) >= 11 is 2.26. The number of fused-ring (bicyclic) bond motifs is 1. The molecule has 2 N–H and O–H groups in total. The highest BCUT2D eigenvalue weighted by atomic mass is 127. The summed E-state index contributed by atoms with van der Waals surface area (Å²) in [5.74, 6) is 0.571. The second kappa shape index (κ2) is 7.27. The molecular formula is C17H17IN2O3. The number of aryl methyl sites for hydroxylation is 1. The second-order valence-corrected chi connectivity index (χ2v) is 6.69. The molecule has 0 radical (unpaired) electrons. The minimum atomic E-state index is -0.773. The number of aliphatic hydroxyl groups excluding tert-OH is 1. The molecule has 5 nitrogen and oxygen atoms in total. The first kappa shape index (κ1) is 16.2. The number of aromatic nitrogens is 1. The van der Waals surface area contributed by atoms with Crippen LogP contribution in [0.4, 0.5) is 0 Å². The first-order valence-electron chi connectivity index (χ1n) is 7.44. The predicted octanol–water partition coefficient (Wildman–Crippen LogP) is 2.23. The highest BCUT2D eigenvalue weighted by molar-refractivity contribution is 14.1. The maximum absolute atomic E-state index is 12.2. The molecule has 1 aromatic heterocycles. The minimum absolute atomic E-state index is 0.143. The molecule has 0 unspecified atom stereocenters. The summed E-state index contributed by atoms with van der Waals surface area (Å²) in [4.78, 5) is 16.2. The highest BCUT2D eigenvalue weighted by Gasteiger charge is 2.26. The Hall–Kier alpha value is -1.67. The SMILES string of the molecule is O=C(NC[C@@H](O)c1cccnc1)[C@H]1CCc2cc(I)ccc2O1. The molecule has 3 rings (SSSR count). The van der Waals surface area contributed by atoms with E-state index in [2.05, 4.69) is 39.0 Å². The average molecular weight is 424 g/mol. The number of pyridine rings is 1. The Bertz CT molecular complexity index is 693. The lowest BCUT2D eigenvalue weighted by atomic mass is 10.0. The summed E-state index contributed by atoms with van der Waals surface area (Å²) in [5.41, 5.74) is 1.81. The third kappa shape index (κ3) is 4.00. The van der Waals surface area contributed by atoms with Crippen LogP contribution in [0.3, 0.4) is 0 Å². The largest absolute Gasteiger partial charge is 0.480 e. The Morgan fingerprint density at radius 1 is 1.48 bits per heavy atom. The topological polar surface area (TPSA) is 71.5 Å². The second-order valence-electron chi connectivity index (χ2n) is 5.44. The normalized spacial score (nSPS) is 17.7. The molecule has 2 aromatic rings. The molecule has 0 spiro atoms. The molecule has 0 bridgehead atoms. The van der Waals surface area contributed by atoms with E-state index in [1.165, 1.54) is 0 Å². The summed E-state index contributed by atoms with van der Waals surface area (Å²) in [7, 11) is 0. The molecule has 1 amide bonds. The van der Waals surface area contributed by atoms with Gasteiger partial charge in [-0.25, -0.2) is 0 Å². The van der Waals surface area contributed by atoms with E-state index in [1.807, 2.05) is 12.1 Å². The van der Waals surface area contributed by atoms with E-state index in [1.54, 1.807) is 24.5 Å². The van der Waals surface area contributed by atoms with Crippen LogP contribution in [0.2, 0.25) is 0 Å². The number of rotatable bonds is 4. The Morgan fingerprint density at radius 2 is 2.35 bits per heavy atom. The van der Waals surface area contributed by atoms with E-state index >= 15 is 0 Å². The van der Waals surface area contributed by atoms with Gasteiger partial charge in [-0.1, -0.05) is 6.07 Å². The fraction of sp³-hybridized carbons (Fsp3) is 0.294. The number of amides is 1. The highest BCUT2D eigenvalue weighted by Crippen LogP contribution is 2.29. The number of halogens is 1. The number of hydrogen-bond acceptors (Lipinski definition) is 4. The van der Waals surface area contributed by atoms with Crippen molar-refractivity contribution < 1.29 is 14.6 Å². The summed E-state index contributed by atoms with van der Waals surface area (Å²) < 4.78 is 6.94. The number of nitrogens with zero attached hydrogens (tertiary/aromatic N) is 1. The third-order valence-corrected chi connectivity index (χ3v) is 4.47. The van der Waals surface area contributed by atoms with Gasteiger partial charge in [0.2, 0.25) is 0 Å². The van der Waals surface area contributed by atoms with Gasteiger partial charge in [0.1, 0.15) is 5.75 Å². The lowest BCUT2D eigenvalue weighted by Gasteiger charge is -2.25. The van der Waals surface area contributed by atoms with E-state index in [0.29, 0.717) is 12.0 Å². The maximum atomic E-state index is 12.2. The molecule has 1 aliphatic rings. The summed E-state index contributed by atoms with van der Waals surface area (Å²) in [6.45, 7) is 0.143. The van der Waals surface area contributed by atoms with Crippen LogP contribution in [0.5, 0.6) is 5.75 Å². The van der Waals surface area contributed by atoms with Gasteiger partial charge in [0.15, 0.2) is 6.10 Å². The first-order chi connectivity index (χ1) is 11.1. The summed E-state index contributed by atoms with van der Waals surface area (Å²) in [6, 6.07) is 9.48. The lowest BCUT2D eigenvalue weighted by Crippen LogP contribution is -2.41. The summed E-state index contributed by atoms with van der Waals surface area (Å²) in [5, 5.41) is 12.8. The number of carbonyl (C=O) groups excluding carboxylic acids is 1. The fourth-order valence-corrected chi connectivity index (χ4v) is 3.10. The zero-order valence-electron chi connectivity index (χ0n) is 12.4. The van der Waals surface area contributed by atoms with E-state index in [4.69, 9.17) is 4.74 Å². The number of aliphatic hydroxyl groups is 1. The van der Waals surface area contributed by atoms with Crippen LogP contribution in [-0.2, 0) is 11.2 Å². The van der Waals surface area contributed by atoms with Crippen LogP contribution in [0.25, 0.3) is 0 Å². The molecule has 1 aliphatic heterocycles. The van der Waals surface area contributed by atoms with Gasteiger partial charge in [-0.15, -0.1) is 0 Å². The number of nitrogens with one attached hydrogen (secondary N) is 1. The monoisotopic (exact) mass is 424 g/mol. The van der Waals surface area contributed by atoms with Gasteiger partial charge in [-0.3, -0.25) is 9.78 Å². The van der Waals surface area contributed by atoms with Crippen LogP contribution >= 0.6 is 22.6 Å². The van der Waals surface area contributed by atoms with E-state index in [-0.39, 0.29) is 12.5 Å². The van der Waals surface area contributed by atoms with Crippen molar-refractivity contribution in [1.82, 2.24) is 10.3 Å². The van der Waals surface area contributed by atoms with Crippen LogP contribution < -0.4 is 10.1 Å². The fourth-order valence-electron chi connectivity index (χ4n) is 2.54. The van der Waals surface area contributed by atoms with Gasteiger partial charge in [-0.05, 0) is 65.3 Å². The number of hydrogen-bond donors (Lipinski definition) is 2. The van der Waals surface area contributed by atoms with Gasteiger partial charge < -0.3 is 15.2 Å². The van der Waals surface area contributed by atoms with Gasteiger partial charge in [0.25, 0.3) is 5.91 Å². The Kier molecular flexibility index (Phi) is 5.12. The molecule has 6 heteroatoms. The molecule has 0 aliphatic carbocycles. The van der Waals surface area contributed by atoms with E-state index in [9.17, 15) is 9.90 Å². The molecular weight excluding hydrogens is 407 g/mol. The van der Waals surface area contributed by atoms with E-state index in [0.717, 1.165) is 21.3 Å². The van der Waals surface area contributed by atoms with Gasteiger partial charge in [0, 0.05) is 28.1 Å². The molecule has 120 valence electrons. The Balaban J connectivity index is 1.56. The Morgan fingerprint density at radius 3 is 3.13 bits per heavy atom. The maximum Gasteiger partial charge on any atom is 0.261 e. The van der Waals surface area contributed by atoms with Crippen molar-refractivity contribution in [3.05, 3.63) is 57.4 Å². The van der Waals surface area contributed by atoms with Crippen molar-refractivity contribution in [1.29, 1.82) is 0 Å². The van der Waals surface area contributed by atoms with Crippen molar-refractivity contribution in [2.45, 2.75) is 25.0 Å². The smallest absolute Gasteiger partial charge is 0.261 e. The van der Waals surface area contributed by atoms with Crippen molar-refractivity contribution in [2.75, 3.05) is 6.54 Å². The van der Waals surface area contributed by atoms with Crippen LogP contribution in [0.1, 0.15) is 23.7 Å². The standard InChI is InChI=1S/C17H17IN2O3/c18-13-4-6-15-11(8-13)3-5-16(23-15)17(22)20-10-14(21)12-2-1-7-19-9-12/h1-2,4,6-9,14,16,21H,3,5,10H2,(H,20,22)/t14-,16-/m1/s1. The van der Waals surface area contributed by atoms with Crippen molar-refractivity contribution in [3.63, 3.8) is 0 Å². The number of ether oxygens (including phenoxy) is 1. The van der Waals surface area contributed by atoms with Crippen LogP contribution in [0.15, 0.2) is 42.7 Å². The predicted molar refractivity (Wildman–Crippen MR) is 94.1 cm³/mol. The van der Waals surface area contributed by atoms with Gasteiger partial charge in [-0.2, -0.15) is 0 Å². The number of benzene rings is 1. The van der Waals surface area contributed by atoms with E-state index < -0.39 is 12.2 Å². The quantitative estimate of drug-likeness (QED) is 0.739. The van der Waals surface area contributed by atoms with Gasteiger partial charge in [0.05, 0.1) is 6.10 Å². The zero-order valence-corrected chi connectivity index (χ0v) is 14.6. The zero-order chi connectivity index (χ0) is 16.2.